The zero-order chi connectivity index (χ0) is 14.3. The standard InChI is InChI=1S/C16H22O2Si/c1-5-16(15(17)11-12-19(2,3)4)18-13-14-9-7-6-8-10-14/h5-10,15-17H,1,13H2,2-4H3/t15-,16-/m0/s1. The van der Waals surface area contributed by atoms with Crippen molar-refractivity contribution in [2.24, 2.45) is 0 Å². The Balaban J connectivity index is 2.58. The molecule has 0 heterocycles. The van der Waals surface area contributed by atoms with Gasteiger partial charge in [0, 0.05) is 0 Å². The summed E-state index contributed by atoms with van der Waals surface area (Å²) in [5.74, 6) is 2.88. The van der Waals surface area contributed by atoms with Gasteiger partial charge in [0.05, 0.1) is 6.61 Å². The molecule has 102 valence electrons. The van der Waals surface area contributed by atoms with E-state index < -0.39 is 20.3 Å². The minimum absolute atomic E-state index is 0.448. The molecule has 0 spiro atoms. The highest BCUT2D eigenvalue weighted by Crippen LogP contribution is 2.07. The van der Waals surface area contributed by atoms with Gasteiger partial charge >= 0.3 is 0 Å². The van der Waals surface area contributed by atoms with Crippen LogP contribution in [-0.4, -0.2) is 25.4 Å². The van der Waals surface area contributed by atoms with E-state index in [-0.39, 0.29) is 0 Å². The Hall–Kier alpha value is -1.34. The second-order valence-corrected chi connectivity index (χ2v) is 10.2. The van der Waals surface area contributed by atoms with Crippen LogP contribution in [0.3, 0.4) is 0 Å². The van der Waals surface area contributed by atoms with Crippen LogP contribution in [0.25, 0.3) is 0 Å². The normalized spacial score (nSPS) is 14.1. The van der Waals surface area contributed by atoms with Crippen molar-refractivity contribution in [3.8, 4) is 11.5 Å². The fraction of sp³-hybridized carbons (Fsp3) is 0.375. The molecule has 0 saturated heterocycles. The molecule has 0 unspecified atom stereocenters. The lowest BCUT2D eigenvalue weighted by molar-refractivity contribution is 0.00592. The summed E-state index contributed by atoms with van der Waals surface area (Å²) >= 11 is 0. The van der Waals surface area contributed by atoms with Crippen molar-refractivity contribution in [2.45, 2.75) is 38.5 Å². The van der Waals surface area contributed by atoms with Gasteiger partial charge in [-0.3, -0.25) is 0 Å². The van der Waals surface area contributed by atoms with Gasteiger partial charge in [-0.2, -0.15) is 0 Å². The Morgan fingerprint density at radius 3 is 2.47 bits per heavy atom. The first-order valence-electron chi connectivity index (χ1n) is 6.41. The molecular weight excluding hydrogens is 252 g/mol. The Morgan fingerprint density at radius 2 is 1.95 bits per heavy atom. The zero-order valence-corrected chi connectivity index (χ0v) is 12.9. The average molecular weight is 274 g/mol. The number of rotatable bonds is 5. The number of hydrogen-bond donors (Lipinski definition) is 1. The molecule has 0 aliphatic carbocycles. The van der Waals surface area contributed by atoms with Crippen molar-refractivity contribution in [2.75, 3.05) is 0 Å². The minimum Gasteiger partial charge on any atom is -0.377 e. The lowest BCUT2D eigenvalue weighted by atomic mass is 10.2. The van der Waals surface area contributed by atoms with Gasteiger partial charge < -0.3 is 9.84 Å². The van der Waals surface area contributed by atoms with Crippen LogP contribution >= 0.6 is 0 Å². The average Bonchev–Trinajstić information content (AvgIpc) is 2.37. The molecule has 19 heavy (non-hydrogen) atoms. The first-order valence-corrected chi connectivity index (χ1v) is 9.91. The van der Waals surface area contributed by atoms with Gasteiger partial charge in [0.25, 0.3) is 0 Å². The van der Waals surface area contributed by atoms with Crippen molar-refractivity contribution in [1.82, 2.24) is 0 Å². The van der Waals surface area contributed by atoms with Crippen molar-refractivity contribution in [1.29, 1.82) is 0 Å². The minimum atomic E-state index is -1.48. The van der Waals surface area contributed by atoms with E-state index in [4.69, 9.17) is 4.74 Å². The molecule has 2 nitrogen and oxygen atoms in total. The van der Waals surface area contributed by atoms with Gasteiger partial charge in [-0.1, -0.05) is 62.0 Å². The number of hydrogen-bond acceptors (Lipinski definition) is 2. The monoisotopic (exact) mass is 274 g/mol. The van der Waals surface area contributed by atoms with E-state index in [9.17, 15) is 5.11 Å². The molecule has 1 rings (SSSR count). The van der Waals surface area contributed by atoms with Crippen LogP contribution in [0.4, 0.5) is 0 Å². The summed E-state index contributed by atoms with van der Waals surface area (Å²) in [6.07, 6.45) is 0.337. The van der Waals surface area contributed by atoms with Crippen molar-refractivity contribution < 1.29 is 9.84 Å². The number of aliphatic hydroxyl groups excluding tert-OH is 1. The highest BCUT2D eigenvalue weighted by molar-refractivity contribution is 6.83. The quantitative estimate of drug-likeness (QED) is 0.508. The van der Waals surface area contributed by atoms with Crippen LogP contribution in [-0.2, 0) is 11.3 Å². The molecular formula is C16H22O2Si. The molecule has 0 amide bonds. The summed E-state index contributed by atoms with van der Waals surface area (Å²) in [4.78, 5) is 0. The van der Waals surface area contributed by atoms with Crippen molar-refractivity contribution in [3.05, 3.63) is 48.6 Å². The third-order valence-corrected chi connectivity index (χ3v) is 3.32. The van der Waals surface area contributed by atoms with Crippen LogP contribution in [0.5, 0.6) is 0 Å². The summed E-state index contributed by atoms with van der Waals surface area (Å²) in [6.45, 7) is 10.6. The molecule has 1 aromatic carbocycles. The van der Waals surface area contributed by atoms with Gasteiger partial charge in [-0.05, 0) is 5.56 Å². The Morgan fingerprint density at radius 1 is 1.32 bits per heavy atom. The lowest BCUT2D eigenvalue weighted by Crippen LogP contribution is -2.27. The molecule has 1 aromatic rings. The van der Waals surface area contributed by atoms with Crippen LogP contribution in [0.15, 0.2) is 43.0 Å². The van der Waals surface area contributed by atoms with Gasteiger partial charge in [-0.25, -0.2) is 0 Å². The molecule has 0 aliphatic rings. The maximum absolute atomic E-state index is 10.0. The van der Waals surface area contributed by atoms with E-state index in [1.807, 2.05) is 30.3 Å². The Kier molecular flexibility index (Phi) is 6.03. The lowest BCUT2D eigenvalue weighted by Gasteiger charge is -2.16. The third kappa shape index (κ3) is 6.39. The number of aliphatic hydroxyl groups is 1. The van der Waals surface area contributed by atoms with E-state index >= 15 is 0 Å². The van der Waals surface area contributed by atoms with Crippen LogP contribution < -0.4 is 0 Å². The highest BCUT2D eigenvalue weighted by atomic mass is 28.3. The fourth-order valence-electron chi connectivity index (χ4n) is 1.43. The van der Waals surface area contributed by atoms with Crippen LogP contribution in [0, 0.1) is 11.5 Å². The Labute approximate surface area is 117 Å². The van der Waals surface area contributed by atoms with Gasteiger partial charge in [-0.15, -0.1) is 12.1 Å². The molecule has 1 N–H and O–H groups in total. The summed E-state index contributed by atoms with van der Waals surface area (Å²) in [7, 11) is -1.48. The highest BCUT2D eigenvalue weighted by Gasteiger charge is 2.15. The second kappa shape index (κ2) is 7.30. The van der Waals surface area contributed by atoms with Crippen LogP contribution in [0.2, 0.25) is 19.6 Å². The molecule has 3 heteroatoms. The van der Waals surface area contributed by atoms with Gasteiger partial charge in [0.15, 0.2) is 0 Å². The molecule has 0 aromatic heterocycles. The zero-order valence-electron chi connectivity index (χ0n) is 11.9. The summed E-state index contributed by atoms with van der Waals surface area (Å²) in [5, 5.41) is 10.0. The topological polar surface area (TPSA) is 29.5 Å². The number of benzene rings is 1. The first kappa shape index (κ1) is 15.7. The van der Waals surface area contributed by atoms with E-state index in [1.165, 1.54) is 0 Å². The van der Waals surface area contributed by atoms with Crippen molar-refractivity contribution in [3.63, 3.8) is 0 Å². The molecule has 0 fully saturated rings. The largest absolute Gasteiger partial charge is 0.377 e. The summed E-state index contributed by atoms with van der Waals surface area (Å²) in [6, 6.07) is 9.86. The fourth-order valence-corrected chi connectivity index (χ4v) is 2.01. The maximum atomic E-state index is 10.0. The second-order valence-electron chi connectivity index (χ2n) is 5.46. The predicted molar refractivity (Wildman–Crippen MR) is 82.3 cm³/mol. The maximum Gasteiger partial charge on any atom is 0.143 e. The smallest absolute Gasteiger partial charge is 0.143 e. The van der Waals surface area contributed by atoms with E-state index in [0.717, 1.165) is 5.56 Å². The SMILES string of the molecule is C=C[C@H](OCc1ccccc1)[C@@H](O)C#C[Si](C)(C)C. The summed E-state index contributed by atoms with van der Waals surface area (Å²) in [5.41, 5.74) is 4.21. The molecule has 2 atom stereocenters. The molecule has 0 saturated carbocycles. The number of ether oxygens (including phenoxy) is 1. The van der Waals surface area contributed by atoms with Gasteiger partial charge in [0.2, 0.25) is 0 Å². The van der Waals surface area contributed by atoms with E-state index in [0.29, 0.717) is 6.61 Å². The molecule has 0 radical (unpaired) electrons. The molecule has 0 bridgehead atoms. The van der Waals surface area contributed by atoms with Crippen LogP contribution in [0.1, 0.15) is 5.56 Å². The first-order chi connectivity index (χ1) is 8.92. The third-order valence-electron chi connectivity index (χ3n) is 2.42. The predicted octanol–water partition coefficient (Wildman–Crippen LogP) is 3.00. The Bertz CT molecular complexity index is 451. The van der Waals surface area contributed by atoms with E-state index in [1.54, 1.807) is 6.08 Å². The van der Waals surface area contributed by atoms with E-state index in [2.05, 4.69) is 37.7 Å². The molecule has 0 aliphatic heterocycles. The van der Waals surface area contributed by atoms with Gasteiger partial charge in [0.1, 0.15) is 20.3 Å². The van der Waals surface area contributed by atoms with Crippen molar-refractivity contribution >= 4 is 8.07 Å². The summed E-state index contributed by atoms with van der Waals surface area (Å²) < 4.78 is 5.65.